The summed E-state index contributed by atoms with van der Waals surface area (Å²) in [6.45, 7) is 0. The van der Waals surface area contributed by atoms with Crippen molar-refractivity contribution >= 4 is 87.2 Å². The van der Waals surface area contributed by atoms with Crippen molar-refractivity contribution in [3.05, 3.63) is 376 Å². The Hall–Kier alpha value is -14.5. The van der Waals surface area contributed by atoms with E-state index in [0.717, 1.165) is 93.9 Å². The summed E-state index contributed by atoms with van der Waals surface area (Å²) in [7, 11) is 0. The van der Waals surface area contributed by atoms with Gasteiger partial charge in [0.2, 0.25) is 11.9 Å². The van der Waals surface area contributed by atoms with Crippen molar-refractivity contribution in [2.24, 2.45) is 0 Å². The van der Waals surface area contributed by atoms with Gasteiger partial charge in [-0.2, -0.15) is 19.9 Å². The molecular weight excluding hydrogens is 1290 g/mol. The largest absolute Gasteiger partial charge is 0.309 e. The Bertz CT molecular complexity index is 6790. The fourth-order valence-corrected chi connectivity index (χ4v) is 15.4. The topological polar surface area (TPSA) is 97.1 Å². The molecule has 0 radical (unpaired) electrons. The highest BCUT2D eigenvalue weighted by molar-refractivity contribution is 6.15. The van der Waals surface area contributed by atoms with Gasteiger partial charge in [0.15, 0.2) is 23.3 Å². The zero-order valence-electron chi connectivity index (χ0n) is 57.3. The van der Waals surface area contributed by atoms with Gasteiger partial charge in [0.05, 0.1) is 44.1 Å². The number of para-hydroxylation sites is 5. The third kappa shape index (κ3) is 10.7. The molecular formula is C96H62N10. The second-order valence-corrected chi connectivity index (χ2v) is 26.6. The minimum Gasteiger partial charge on any atom is -0.309 e. The van der Waals surface area contributed by atoms with E-state index in [-0.39, 0.29) is 0 Å². The van der Waals surface area contributed by atoms with Crippen LogP contribution in [0.5, 0.6) is 0 Å². The molecule has 0 aliphatic rings. The summed E-state index contributed by atoms with van der Waals surface area (Å²) in [4.78, 5) is 30.2. The zero-order chi connectivity index (χ0) is 70.0. The number of fused-ring (bicyclic) bond motifs is 12. The molecule has 106 heavy (non-hydrogen) atoms. The third-order valence-corrected chi connectivity index (χ3v) is 20.4. The third-order valence-electron chi connectivity index (χ3n) is 20.4. The number of hydrogen-bond acceptors (Lipinski definition) is 6. The standard InChI is InChI=1S/C51H33N5.C45H29N5/c1-4-14-34(15-5-1)35-24-28-40(29-25-35)55-45-22-12-10-20-41(45)43-32-38(26-30-47(43)55)39-27-31-48-44(33-39)42-21-11-13-23-46(42)56(48)51-53-49(36-16-6-2-7-17-36)52-50(54-51)37-18-8-3-9-19-37;1-4-14-30(15-5-1)43-46-44(31-16-6-2-7-17-31)48-45(47-43)50-40-23-13-11-21-36(40)38-29-33(25-27-42(38)50)32-24-26-41-37(28-32)35-20-10-12-22-39(35)49(41)34-18-8-3-9-19-34/h1-33H;1-29H. The van der Waals surface area contributed by atoms with E-state index in [9.17, 15) is 0 Å². The lowest BCUT2D eigenvalue weighted by Crippen LogP contribution is -2.06. The van der Waals surface area contributed by atoms with Gasteiger partial charge in [-0.1, -0.05) is 279 Å². The quantitative estimate of drug-likeness (QED) is 0.128. The van der Waals surface area contributed by atoms with Crippen LogP contribution < -0.4 is 0 Å². The van der Waals surface area contributed by atoms with Gasteiger partial charge in [-0.15, -0.1) is 0 Å². The van der Waals surface area contributed by atoms with Crippen LogP contribution in [0.25, 0.3) is 189 Å². The van der Waals surface area contributed by atoms with Crippen LogP contribution in [0.4, 0.5) is 0 Å². The van der Waals surface area contributed by atoms with Crippen molar-refractivity contribution in [1.82, 2.24) is 48.2 Å². The maximum absolute atomic E-state index is 5.10. The SMILES string of the molecule is c1ccc(-c2ccc(-n3c4ccccc4c4cc(-c5ccc6c(c5)c5ccccc5n6-c5nc(-c6ccccc6)nc(-c6ccccc6)n5)ccc43)cc2)cc1.c1ccc(-c2nc(-c3ccccc3)nc(-n3c4ccccc4c4cc(-c5ccc6c(c5)c5ccccc5n6-c5ccccc5)ccc43)n2)cc1. The molecule has 0 N–H and O–H groups in total. The Balaban J connectivity index is 0.000000141. The molecule has 0 aliphatic carbocycles. The number of hydrogen-bond donors (Lipinski definition) is 0. The molecule has 496 valence electrons. The van der Waals surface area contributed by atoms with Crippen molar-refractivity contribution in [2.75, 3.05) is 0 Å². The average molecular weight is 1360 g/mol. The van der Waals surface area contributed by atoms with Gasteiger partial charge in [-0.25, -0.2) is 9.97 Å². The maximum Gasteiger partial charge on any atom is 0.238 e. The maximum atomic E-state index is 5.10. The molecule has 0 saturated carbocycles. The molecule has 0 amide bonds. The van der Waals surface area contributed by atoms with Gasteiger partial charge in [0.1, 0.15) is 0 Å². The lowest BCUT2D eigenvalue weighted by atomic mass is 10.0. The fraction of sp³-hybridized carbons (Fsp3) is 0. The molecule has 0 fully saturated rings. The predicted octanol–water partition coefficient (Wildman–Crippen LogP) is 23.8. The summed E-state index contributed by atoms with van der Waals surface area (Å²) < 4.78 is 9.08. The molecule has 6 aromatic heterocycles. The molecule has 0 saturated heterocycles. The molecule has 0 bridgehead atoms. The first-order valence-electron chi connectivity index (χ1n) is 35.7. The molecule has 0 unspecified atom stereocenters. The predicted molar refractivity (Wildman–Crippen MR) is 435 cm³/mol. The van der Waals surface area contributed by atoms with Crippen molar-refractivity contribution in [3.8, 4) is 102 Å². The second kappa shape index (κ2) is 25.8. The normalized spacial score (nSPS) is 11.6. The molecule has 10 heteroatoms. The van der Waals surface area contributed by atoms with Crippen LogP contribution in [0, 0.1) is 0 Å². The first-order valence-corrected chi connectivity index (χ1v) is 35.7. The van der Waals surface area contributed by atoms with Gasteiger partial charge in [-0.3, -0.25) is 9.13 Å². The first-order chi connectivity index (χ1) is 52.6. The van der Waals surface area contributed by atoms with Crippen molar-refractivity contribution in [3.63, 3.8) is 0 Å². The Morgan fingerprint density at radius 1 is 0.142 bits per heavy atom. The van der Waals surface area contributed by atoms with Crippen molar-refractivity contribution < 1.29 is 0 Å². The monoisotopic (exact) mass is 1350 g/mol. The number of aromatic nitrogens is 10. The summed E-state index contributed by atoms with van der Waals surface area (Å²) >= 11 is 0. The summed E-state index contributed by atoms with van der Waals surface area (Å²) in [6, 6.07) is 132. The summed E-state index contributed by atoms with van der Waals surface area (Å²) in [6.07, 6.45) is 0. The van der Waals surface area contributed by atoms with Gasteiger partial charge >= 0.3 is 0 Å². The molecule has 15 aromatic carbocycles. The van der Waals surface area contributed by atoms with Gasteiger partial charge in [-0.05, 0) is 130 Å². The minimum atomic E-state index is 0.586. The van der Waals surface area contributed by atoms with E-state index in [1.165, 1.54) is 60.3 Å². The van der Waals surface area contributed by atoms with Crippen molar-refractivity contribution in [1.29, 1.82) is 0 Å². The summed E-state index contributed by atoms with van der Waals surface area (Å²) in [5.41, 5.74) is 22.1. The highest BCUT2D eigenvalue weighted by Gasteiger charge is 2.23. The van der Waals surface area contributed by atoms with Crippen LogP contribution in [-0.2, 0) is 0 Å². The average Bonchev–Trinajstić information content (AvgIpc) is 1.59. The van der Waals surface area contributed by atoms with Crippen LogP contribution in [0.3, 0.4) is 0 Å². The molecule has 6 heterocycles. The number of nitrogens with zero attached hydrogens (tertiary/aromatic N) is 10. The lowest BCUT2D eigenvalue weighted by molar-refractivity contribution is 0.953. The lowest BCUT2D eigenvalue weighted by Gasteiger charge is -2.11. The van der Waals surface area contributed by atoms with Gasteiger partial charge in [0.25, 0.3) is 0 Å². The Morgan fingerprint density at radius 2 is 0.358 bits per heavy atom. The van der Waals surface area contributed by atoms with E-state index in [0.29, 0.717) is 35.2 Å². The van der Waals surface area contributed by atoms with E-state index < -0.39 is 0 Å². The molecule has 21 rings (SSSR count). The van der Waals surface area contributed by atoms with Gasteiger partial charge < -0.3 is 9.13 Å². The Morgan fingerprint density at radius 3 is 0.670 bits per heavy atom. The summed E-state index contributed by atoms with van der Waals surface area (Å²) in [5, 5.41) is 9.50. The second-order valence-electron chi connectivity index (χ2n) is 26.6. The zero-order valence-corrected chi connectivity index (χ0v) is 57.3. The van der Waals surface area contributed by atoms with Crippen LogP contribution >= 0.6 is 0 Å². The number of benzene rings is 15. The summed E-state index contributed by atoms with van der Waals surface area (Å²) in [5.74, 6) is 3.72. The fourth-order valence-electron chi connectivity index (χ4n) is 15.4. The highest BCUT2D eigenvalue weighted by atomic mass is 15.2. The van der Waals surface area contributed by atoms with E-state index in [1.54, 1.807) is 0 Å². The number of rotatable bonds is 11. The minimum absolute atomic E-state index is 0.586. The van der Waals surface area contributed by atoms with E-state index in [4.69, 9.17) is 29.9 Å². The van der Waals surface area contributed by atoms with Crippen LogP contribution in [0.2, 0.25) is 0 Å². The van der Waals surface area contributed by atoms with E-state index >= 15 is 0 Å². The molecule has 0 atom stereocenters. The van der Waals surface area contributed by atoms with Crippen LogP contribution in [-0.4, -0.2) is 48.2 Å². The van der Waals surface area contributed by atoms with E-state index in [2.05, 4.69) is 273 Å². The highest BCUT2D eigenvalue weighted by Crippen LogP contribution is 2.42. The van der Waals surface area contributed by atoms with Crippen LogP contribution in [0.15, 0.2) is 376 Å². The van der Waals surface area contributed by atoms with Crippen LogP contribution in [0.1, 0.15) is 0 Å². The van der Waals surface area contributed by atoms with Crippen molar-refractivity contribution in [2.45, 2.75) is 0 Å². The molecule has 10 nitrogen and oxygen atoms in total. The van der Waals surface area contributed by atoms with E-state index in [1.807, 2.05) is 121 Å². The first kappa shape index (κ1) is 61.4. The Labute approximate surface area is 610 Å². The molecule has 0 aliphatic heterocycles. The Kier molecular flexibility index (Phi) is 15.0. The molecule has 21 aromatic rings. The smallest absolute Gasteiger partial charge is 0.238 e. The molecule has 0 spiro atoms. The van der Waals surface area contributed by atoms with Gasteiger partial charge in [0, 0.05) is 76.7 Å².